The molecule has 1 aromatic heterocycles. The van der Waals surface area contributed by atoms with Crippen molar-refractivity contribution in [3.05, 3.63) is 11.3 Å². The van der Waals surface area contributed by atoms with Crippen LogP contribution in [0.4, 0.5) is 5.82 Å². The minimum Gasteiger partial charge on any atom is -0.464 e. The van der Waals surface area contributed by atoms with E-state index < -0.39 is 5.97 Å². The van der Waals surface area contributed by atoms with Gasteiger partial charge in [0.05, 0.1) is 7.11 Å². The summed E-state index contributed by atoms with van der Waals surface area (Å²) in [6, 6.07) is 0. The molecule has 0 amide bonds. The van der Waals surface area contributed by atoms with Crippen LogP contribution in [0.25, 0.3) is 0 Å². The summed E-state index contributed by atoms with van der Waals surface area (Å²) in [5.74, 6) is 0.0659. The molecule has 0 aliphatic rings. The summed E-state index contributed by atoms with van der Waals surface area (Å²) in [5.41, 5.74) is 6.64. The van der Waals surface area contributed by atoms with Crippen LogP contribution in [0.2, 0.25) is 0 Å². The van der Waals surface area contributed by atoms with E-state index in [1.54, 1.807) is 0 Å². The summed E-state index contributed by atoms with van der Waals surface area (Å²) in [5, 5.41) is 6.32. The van der Waals surface area contributed by atoms with Gasteiger partial charge in [0.1, 0.15) is 11.5 Å². The number of hydrogen-bond acceptors (Lipinski definition) is 4. The largest absolute Gasteiger partial charge is 0.464 e. The van der Waals surface area contributed by atoms with Crippen molar-refractivity contribution in [2.45, 2.75) is 19.8 Å². The summed E-state index contributed by atoms with van der Waals surface area (Å²) in [6.45, 7) is 3.88. The van der Waals surface area contributed by atoms with Crippen LogP contribution < -0.4 is 5.73 Å². The van der Waals surface area contributed by atoms with E-state index in [0.29, 0.717) is 17.1 Å². The third kappa shape index (κ3) is 1.63. The van der Waals surface area contributed by atoms with Crippen LogP contribution in [-0.4, -0.2) is 23.3 Å². The van der Waals surface area contributed by atoms with Crippen LogP contribution in [0.15, 0.2) is 0 Å². The number of aromatic nitrogens is 2. The number of methoxy groups -OCH3 is 1. The molecule has 72 valence electrons. The molecule has 0 aromatic carbocycles. The highest BCUT2D eigenvalue weighted by atomic mass is 16.5. The Morgan fingerprint density at radius 2 is 2.23 bits per heavy atom. The number of nitrogens with two attached hydrogens (primary N) is 1. The molecule has 0 saturated carbocycles. The number of carbonyl (C=O) groups is 1. The number of rotatable bonds is 2. The van der Waals surface area contributed by atoms with E-state index in [2.05, 4.69) is 14.9 Å². The van der Waals surface area contributed by atoms with Crippen molar-refractivity contribution in [1.82, 2.24) is 10.2 Å². The summed E-state index contributed by atoms with van der Waals surface area (Å²) >= 11 is 0. The Labute approximate surface area is 76.3 Å². The topological polar surface area (TPSA) is 81.0 Å². The van der Waals surface area contributed by atoms with Gasteiger partial charge in [0, 0.05) is 5.56 Å². The molecular formula is C8H13N3O2. The molecule has 3 N–H and O–H groups in total. The lowest BCUT2D eigenvalue weighted by molar-refractivity contribution is 0.0592. The predicted molar refractivity (Wildman–Crippen MR) is 48.4 cm³/mol. The van der Waals surface area contributed by atoms with Gasteiger partial charge in [-0.15, -0.1) is 0 Å². The number of anilines is 1. The lowest BCUT2D eigenvalue weighted by atomic mass is 10.0. The molecule has 0 radical (unpaired) electrons. The van der Waals surface area contributed by atoms with Crippen molar-refractivity contribution in [1.29, 1.82) is 0 Å². The van der Waals surface area contributed by atoms with Gasteiger partial charge in [0.2, 0.25) is 0 Å². The first-order chi connectivity index (χ1) is 6.07. The van der Waals surface area contributed by atoms with Gasteiger partial charge in [0.15, 0.2) is 0 Å². The third-order valence-corrected chi connectivity index (χ3v) is 1.80. The smallest absolute Gasteiger partial charge is 0.356 e. The molecule has 0 aliphatic carbocycles. The van der Waals surface area contributed by atoms with Crippen molar-refractivity contribution in [3.63, 3.8) is 0 Å². The molecule has 0 spiro atoms. The second-order valence-electron chi connectivity index (χ2n) is 3.04. The Kier molecular flexibility index (Phi) is 2.55. The lowest BCUT2D eigenvalue weighted by Crippen LogP contribution is -2.06. The van der Waals surface area contributed by atoms with Gasteiger partial charge in [0.25, 0.3) is 0 Å². The summed E-state index contributed by atoms with van der Waals surface area (Å²) in [7, 11) is 1.32. The lowest BCUT2D eigenvalue weighted by Gasteiger charge is -2.04. The standard InChI is InChI=1S/C8H13N3O2/c1-4(2)5-6(8(12)13-3)10-11-7(5)9/h4H,1-3H3,(H3,9,10,11). The quantitative estimate of drug-likeness (QED) is 0.667. The number of nitrogen functional groups attached to an aromatic ring is 1. The number of hydrogen-bond donors (Lipinski definition) is 2. The van der Waals surface area contributed by atoms with E-state index in [9.17, 15) is 4.79 Å². The third-order valence-electron chi connectivity index (χ3n) is 1.80. The zero-order chi connectivity index (χ0) is 10.0. The summed E-state index contributed by atoms with van der Waals surface area (Å²) < 4.78 is 4.57. The maximum atomic E-state index is 11.2. The van der Waals surface area contributed by atoms with Gasteiger partial charge in [-0.1, -0.05) is 13.8 Å². The van der Waals surface area contributed by atoms with Crippen molar-refractivity contribution in [3.8, 4) is 0 Å². The average Bonchev–Trinajstić information content (AvgIpc) is 2.45. The van der Waals surface area contributed by atoms with Crippen LogP contribution in [0.3, 0.4) is 0 Å². The van der Waals surface area contributed by atoms with Gasteiger partial charge in [-0.2, -0.15) is 5.10 Å². The van der Waals surface area contributed by atoms with Crippen molar-refractivity contribution >= 4 is 11.8 Å². The maximum absolute atomic E-state index is 11.2. The van der Waals surface area contributed by atoms with E-state index in [-0.39, 0.29) is 5.92 Å². The molecule has 13 heavy (non-hydrogen) atoms. The fraction of sp³-hybridized carbons (Fsp3) is 0.500. The zero-order valence-electron chi connectivity index (χ0n) is 7.92. The molecule has 0 bridgehead atoms. The van der Waals surface area contributed by atoms with Crippen molar-refractivity contribution in [2.75, 3.05) is 12.8 Å². The summed E-state index contributed by atoms with van der Waals surface area (Å²) in [6.07, 6.45) is 0. The van der Waals surface area contributed by atoms with Gasteiger partial charge in [-0.25, -0.2) is 4.79 Å². The number of H-pyrrole nitrogens is 1. The Morgan fingerprint density at radius 3 is 2.69 bits per heavy atom. The molecule has 1 heterocycles. The Balaban J connectivity index is 3.15. The van der Waals surface area contributed by atoms with Crippen LogP contribution >= 0.6 is 0 Å². The van der Waals surface area contributed by atoms with E-state index >= 15 is 0 Å². The number of esters is 1. The summed E-state index contributed by atoms with van der Waals surface area (Å²) in [4.78, 5) is 11.2. The molecular weight excluding hydrogens is 170 g/mol. The molecule has 5 nitrogen and oxygen atoms in total. The normalized spacial score (nSPS) is 10.5. The Morgan fingerprint density at radius 1 is 1.62 bits per heavy atom. The highest BCUT2D eigenvalue weighted by Gasteiger charge is 2.20. The van der Waals surface area contributed by atoms with Crippen molar-refractivity contribution < 1.29 is 9.53 Å². The number of carbonyl (C=O) groups excluding carboxylic acids is 1. The molecule has 0 atom stereocenters. The van der Waals surface area contributed by atoms with Gasteiger partial charge >= 0.3 is 5.97 Å². The van der Waals surface area contributed by atoms with Crippen molar-refractivity contribution in [2.24, 2.45) is 0 Å². The fourth-order valence-electron chi connectivity index (χ4n) is 1.21. The molecule has 5 heteroatoms. The molecule has 0 aliphatic heterocycles. The number of nitrogens with one attached hydrogen (secondary N) is 1. The first-order valence-electron chi connectivity index (χ1n) is 4.00. The highest BCUT2D eigenvalue weighted by Crippen LogP contribution is 2.23. The SMILES string of the molecule is COC(=O)c1[nH]nc(N)c1C(C)C. The monoisotopic (exact) mass is 183 g/mol. The second-order valence-corrected chi connectivity index (χ2v) is 3.04. The minimum absolute atomic E-state index is 0.146. The van der Waals surface area contributed by atoms with Crippen LogP contribution in [0.1, 0.15) is 35.8 Å². The number of nitrogens with zero attached hydrogens (tertiary/aromatic N) is 1. The van der Waals surface area contributed by atoms with E-state index in [0.717, 1.165) is 0 Å². The molecule has 1 rings (SSSR count). The molecule has 1 aromatic rings. The molecule has 0 unspecified atom stereocenters. The first-order valence-corrected chi connectivity index (χ1v) is 4.00. The average molecular weight is 183 g/mol. The Bertz CT molecular complexity index is 317. The van der Waals surface area contributed by atoms with Gasteiger partial charge in [-0.05, 0) is 5.92 Å². The minimum atomic E-state index is -0.437. The predicted octanol–water partition coefficient (Wildman–Crippen LogP) is 0.902. The van der Waals surface area contributed by atoms with Crippen LogP contribution in [0.5, 0.6) is 0 Å². The number of aromatic amines is 1. The highest BCUT2D eigenvalue weighted by molar-refractivity contribution is 5.90. The maximum Gasteiger partial charge on any atom is 0.356 e. The molecule has 0 fully saturated rings. The number of ether oxygens (including phenoxy) is 1. The fourth-order valence-corrected chi connectivity index (χ4v) is 1.21. The molecule has 0 saturated heterocycles. The van der Waals surface area contributed by atoms with Crippen LogP contribution in [-0.2, 0) is 4.74 Å². The van der Waals surface area contributed by atoms with E-state index in [1.165, 1.54) is 7.11 Å². The van der Waals surface area contributed by atoms with Gasteiger partial charge < -0.3 is 10.5 Å². The first kappa shape index (κ1) is 9.57. The van der Waals surface area contributed by atoms with Gasteiger partial charge in [-0.3, -0.25) is 5.10 Å². The zero-order valence-corrected chi connectivity index (χ0v) is 7.92. The van der Waals surface area contributed by atoms with E-state index in [1.807, 2.05) is 13.8 Å². The van der Waals surface area contributed by atoms with Crippen LogP contribution in [0, 0.1) is 0 Å². The Hall–Kier alpha value is -1.52. The van der Waals surface area contributed by atoms with E-state index in [4.69, 9.17) is 5.73 Å². The second kappa shape index (κ2) is 3.47.